The van der Waals surface area contributed by atoms with Gasteiger partial charge in [0.2, 0.25) is 0 Å². The number of rotatable bonds is 8. The number of carboxylic acid groups (broad SMARTS) is 1. The number of carbonyl (C=O) groups is 1. The van der Waals surface area contributed by atoms with Crippen LogP contribution in [0.2, 0.25) is 0 Å². The topological polar surface area (TPSA) is 40.5 Å². The molecule has 1 N–H and O–H groups in total. The van der Waals surface area contributed by atoms with Crippen molar-refractivity contribution in [2.45, 2.75) is 25.7 Å². The van der Waals surface area contributed by atoms with Crippen LogP contribution in [0.15, 0.2) is 84.9 Å². The lowest BCUT2D eigenvalue weighted by molar-refractivity contribution is -0.137. The SMILES string of the molecule is O=C(O)CCCCc1ccc(N(c2ccccc2)c2ccccc2)cc1. The molecule has 0 amide bonds. The highest BCUT2D eigenvalue weighted by Gasteiger charge is 2.11. The maximum atomic E-state index is 10.6. The monoisotopic (exact) mass is 345 g/mol. The maximum absolute atomic E-state index is 10.6. The lowest BCUT2D eigenvalue weighted by Gasteiger charge is -2.25. The van der Waals surface area contributed by atoms with Crippen LogP contribution in [-0.2, 0) is 11.2 Å². The number of carboxylic acids is 1. The van der Waals surface area contributed by atoms with Crippen molar-refractivity contribution in [1.82, 2.24) is 0 Å². The van der Waals surface area contributed by atoms with Gasteiger partial charge in [0.25, 0.3) is 0 Å². The molecule has 0 spiro atoms. The van der Waals surface area contributed by atoms with Gasteiger partial charge in [-0.15, -0.1) is 0 Å². The fraction of sp³-hybridized carbons (Fsp3) is 0.174. The van der Waals surface area contributed by atoms with Crippen LogP contribution in [0.5, 0.6) is 0 Å². The van der Waals surface area contributed by atoms with Crippen molar-refractivity contribution >= 4 is 23.0 Å². The number of anilines is 3. The minimum absolute atomic E-state index is 0.244. The molecule has 0 aliphatic carbocycles. The molecule has 26 heavy (non-hydrogen) atoms. The third kappa shape index (κ3) is 4.73. The van der Waals surface area contributed by atoms with Crippen molar-refractivity contribution in [3.8, 4) is 0 Å². The van der Waals surface area contributed by atoms with Crippen LogP contribution in [0.3, 0.4) is 0 Å². The fourth-order valence-corrected chi connectivity index (χ4v) is 3.02. The Balaban J connectivity index is 1.78. The molecule has 0 saturated heterocycles. The van der Waals surface area contributed by atoms with Gasteiger partial charge in [-0.05, 0) is 61.2 Å². The largest absolute Gasteiger partial charge is 0.481 e. The van der Waals surface area contributed by atoms with Crippen LogP contribution in [0.25, 0.3) is 0 Å². The zero-order chi connectivity index (χ0) is 18.2. The maximum Gasteiger partial charge on any atom is 0.303 e. The van der Waals surface area contributed by atoms with Crippen LogP contribution >= 0.6 is 0 Å². The molecule has 3 rings (SSSR count). The molecule has 3 nitrogen and oxygen atoms in total. The van der Waals surface area contributed by atoms with E-state index in [1.54, 1.807) is 0 Å². The van der Waals surface area contributed by atoms with Gasteiger partial charge in [-0.3, -0.25) is 4.79 Å². The molecule has 132 valence electrons. The lowest BCUT2D eigenvalue weighted by Crippen LogP contribution is -2.09. The zero-order valence-corrected chi connectivity index (χ0v) is 14.7. The highest BCUT2D eigenvalue weighted by Crippen LogP contribution is 2.34. The molecule has 0 heterocycles. The summed E-state index contributed by atoms with van der Waals surface area (Å²) in [4.78, 5) is 12.8. The summed E-state index contributed by atoms with van der Waals surface area (Å²) in [6.45, 7) is 0. The molecule has 0 radical (unpaired) electrons. The molecule has 0 aromatic heterocycles. The smallest absolute Gasteiger partial charge is 0.303 e. The summed E-state index contributed by atoms with van der Waals surface area (Å²) in [6, 6.07) is 29.2. The summed E-state index contributed by atoms with van der Waals surface area (Å²) < 4.78 is 0. The van der Waals surface area contributed by atoms with Gasteiger partial charge >= 0.3 is 5.97 Å². The van der Waals surface area contributed by atoms with Gasteiger partial charge < -0.3 is 10.0 Å². The highest BCUT2D eigenvalue weighted by molar-refractivity contribution is 5.76. The van der Waals surface area contributed by atoms with E-state index in [1.807, 2.05) is 36.4 Å². The molecule has 0 unspecified atom stereocenters. The summed E-state index contributed by atoms with van der Waals surface area (Å²) in [5.74, 6) is -0.721. The summed E-state index contributed by atoms with van der Waals surface area (Å²) in [5, 5.41) is 8.72. The van der Waals surface area contributed by atoms with Crippen molar-refractivity contribution in [2.24, 2.45) is 0 Å². The molecule has 3 heteroatoms. The Labute approximate surface area is 154 Å². The molecule has 3 aromatic carbocycles. The molecule has 0 atom stereocenters. The van der Waals surface area contributed by atoms with Crippen LogP contribution in [-0.4, -0.2) is 11.1 Å². The highest BCUT2D eigenvalue weighted by atomic mass is 16.4. The number of unbranched alkanes of at least 4 members (excludes halogenated alkanes) is 1. The van der Waals surface area contributed by atoms with Crippen LogP contribution in [0.1, 0.15) is 24.8 Å². The van der Waals surface area contributed by atoms with Crippen LogP contribution < -0.4 is 4.90 Å². The summed E-state index contributed by atoms with van der Waals surface area (Å²) >= 11 is 0. The number of aliphatic carboxylic acids is 1. The molecule has 3 aromatic rings. The Morgan fingerprint density at radius 1 is 0.692 bits per heavy atom. The first-order valence-electron chi connectivity index (χ1n) is 8.95. The summed E-state index contributed by atoms with van der Waals surface area (Å²) in [7, 11) is 0. The van der Waals surface area contributed by atoms with E-state index in [4.69, 9.17) is 5.11 Å². The van der Waals surface area contributed by atoms with E-state index in [1.165, 1.54) is 5.56 Å². The van der Waals surface area contributed by atoms with Gasteiger partial charge in [-0.25, -0.2) is 0 Å². The number of hydrogen-bond donors (Lipinski definition) is 1. The second-order valence-electron chi connectivity index (χ2n) is 6.27. The standard InChI is InChI=1S/C23H23NO2/c25-23(26)14-8-7-9-19-15-17-22(18-16-19)24(20-10-3-1-4-11-20)21-12-5-2-6-13-21/h1-6,10-13,15-18H,7-9,14H2,(H,25,26). The lowest BCUT2D eigenvalue weighted by atomic mass is 10.1. The Kier molecular flexibility index (Phi) is 6.05. The van der Waals surface area contributed by atoms with Gasteiger partial charge in [0, 0.05) is 23.5 Å². The summed E-state index contributed by atoms with van der Waals surface area (Å²) in [6.07, 6.45) is 2.77. The van der Waals surface area contributed by atoms with Crippen molar-refractivity contribution < 1.29 is 9.90 Å². The molecular weight excluding hydrogens is 322 g/mol. The molecular formula is C23H23NO2. The van der Waals surface area contributed by atoms with E-state index in [-0.39, 0.29) is 6.42 Å². The van der Waals surface area contributed by atoms with Gasteiger partial charge in [-0.2, -0.15) is 0 Å². The Morgan fingerprint density at radius 3 is 1.69 bits per heavy atom. The van der Waals surface area contributed by atoms with Gasteiger partial charge in [0.05, 0.1) is 0 Å². The molecule has 0 saturated carbocycles. The summed E-state index contributed by atoms with van der Waals surface area (Å²) in [5.41, 5.74) is 4.58. The van der Waals surface area contributed by atoms with Crippen molar-refractivity contribution in [3.05, 3.63) is 90.5 Å². The molecule has 0 fully saturated rings. The Hall–Kier alpha value is -3.07. The quantitative estimate of drug-likeness (QED) is 0.513. The van der Waals surface area contributed by atoms with Crippen molar-refractivity contribution in [1.29, 1.82) is 0 Å². The number of benzene rings is 3. The first-order valence-corrected chi connectivity index (χ1v) is 8.95. The second-order valence-corrected chi connectivity index (χ2v) is 6.27. The zero-order valence-electron chi connectivity index (χ0n) is 14.7. The van der Waals surface area contributed by atoms with E-state index >= 15 is 0 Å². The number of hydrogen-bond acceptors (Lipinski definition) is 2. The third-order valence-corrected chi connectivity index (χ3v) is 4.33. The first-order chi connectivity index (χ1) is 12.7. The fourth-order valence-electron chi connectivity index (χ4n) is 3.02. The Morgan fingerprint density at radius 2 is 1.19 bits per heavy atom. The molecule has 0 aliphatic heterocycles. The molecule has 0 aliphatic rings. The molecule has 0 bridgehead atoms. The van der Waals surface area contributed by atoms with Crippen molar-refractivity contribution in [2.75, 3.05) is 4.90 Å². The first kappa shape index (κ1) is 17.7. The number of para-hydroxylation sites is 2. The van der Waals surface area contributed by atoms with E-state index in [0.717, 1.165) is 36.3 Å². The Bertz CT molecular complexity index is 774. The predicted molar refractivity (Wildman–Crippen MR) is 106 cm³/mol. The van der Waals surface area contributed by atoms with Crippen LogP contribution in [0, 0.1) is 0 Å². The minimum atomic E-state index is -0.721. The number of nitrogens with zero attached hydrogens (tertiary/aromatic N) is 1. The van der Waals surface area contributed by atoms with Crippen molar-refractivity contribution in [3.63, 3.8) is 0 Å². The number of aryl methyl sites for hydroxylation is 1. The normalized spacial score (nSPS) is 10.5. The van der Waals surface area contributed by atoms with Gasteiger partial charge in [-0.1, -0.05) is 48.5 Å². The average molecular weight is 345 g/mol. The third-order valence-electron chi connectivity index (χ3n) is 4.33. The van der Waals surface area contributed by atoms with E-state index in [2.05, 4.69) is 53.4 Å². The van der Waals surface area contributed by atoms with Crippen LogP contribution in [0.4, 0.5) is 17.1 Å². The predicted octanol–water partition coefficient (Wildman–Crippen LogP) is 5.95. The van der Waals surface area contributed by atoms with E-state index < -0.39 is 5.97 Å². The minimum Gasteiger partial charge on any atom is -0.481 e. The second kappa shape index (κ2) is 8.86. The van der Waals surface area contributed by atoms with Gasteiger partial charge in [0.1, 0.15) is 0 Å². The van der Waals surface area contributed by atoms with E-state index in [9.17, 15) is 4.79 Å². The van der Waals surface area contributed by atoms with E-state index in [0.29, 0.717) is 0 Å². The average Bonchev–Trinajstić information content (AvgIpc) is 2.68. The van der Waals surface area contributed by atoms with Gasteiger partial charge in [0.15, 0.2) is 0 Å².